The molecule has 0 aliphatic carbocycles. The number of benzene rings is 1. The lowest BCUT2D eigenvalue weighted by atomic mass is 10.0. The number of hydrogen-bond donors (Lipinski definition) is 1. The van der Waals surface area contributed by atoms with Crippen LogP contribution in [-0.4, -0.2) is 23.0 Å². The number of hydrogen-bond acceptors (Lipinski definition) is 2. The molecular formula is C14H21ClN2S. The molecule has 100 valence electrons. The molecule has 1 unspecified atom stereocenters. The lowest BCUT2D eigenvalue weighted by Gasteiger charge is -2.30. The van der Waals surface area contributed by atoms with E-state index in [2.05, 4.69) is 18.7 Å². The normalized spacial score (nSPS) is 12.7. The smallest absolute Gasteiger partial charge is 0.0948 e. The Morgan fingerprint density at radius 2 is 1.72 bits per heavy atom. The van der Waals surface area contributed by atoms with E-state index in [-0.39, 0.29) is 6.04 Å². The van der Waals surface area contributed by atoms with Crippen molar-refractivity contribution in [2.24, 2.45) is 5.73 Å². The van der Waals surface area contributed by atoms with Crippen LogP contribution in [0.2, 0.25) is 5.02 Å². The molecule has 0 aromatic heterocycles. The predicted octanol–water partition coefficient (Wildman–Crippen LogP) is 3.79. The highest BCUT2D eigenvalue weighted by atomic mass is 35.5. The molecule has 4 heteroatoms. The van der Waals surface area contributed by atoms with Crippen LogP contribution in [0.4, 0.5) is 0 Å². The van der Waals surface area contributed by atoms with Crippen molar-refractivity contribution in [2.75, 3.05) is 13.1 Å². The quantitative estimate of drug-likeness (QED) is 0.773. The molecule has 0 bridgehead atoms. The van der Waals surface area contributed by atoms with Gasteiger partial charge in [-0.25, -0.2) is 0 Å². The Balaban J connectivity index is 2.99. The van der Waals surface area contributed by atoms with E-state index in [0.29, 0.717) is 4.99 Å². The van der Waals surface area contributed by atoms with Crippen molar-refractivity contribution in [3.63, 3.8) is 0 Å². The molecule has 0 spiro atoms. The first-order chi connectivity index (χ1) is 8.60. The zero-order valence-electron chi connectivity index (χ0n) is 11.0. The third-order valence-electron chi connectivity index (χ3n) is 2.84. The van der Waals surface area contributed by atoms with E-state index in [1.807, 2.05) is 24.3 Å². The first-order valence-corrected chi connectivity index (χ1v) is 7.17. The van der Waals surface area contributed by atoms with Crippen LogP contribution in [0.5, 0.6) is 0 Å². The van der Waals surface area contributed by atoms with Crippen LogP contribution in [0.3, 0.4) is 0 Å². The third kappa shape index (κ3) is 4.23. The zero-order valence-corrected chi connectivity index (χ0v) is 12.6. The summed E-state index contributed by atoms with van der Waals surface area (Å²) in [6.07, 6.45) is 2.18. The van der Waals surface area contributed by atoms with Crippen molar-refractivity contribution >= 4 is 28.8 Å². The van der Waals surface area contributed by atoms with Crippen LogP contribution in [0.1, 0.15) is 38.3 Å². The van der Waals surface area contributed by atoms with Crippen LogP contribution in [-0.2, 0) is 0 Å². The van der Waals surface area contributed by atoms with E-state index in [1.54, 1.807) is 0 Å². The van der Waals surface area contributed by atoms with Crippen molar-refractivity contribution < 1.29 is 0 Å². The molecule has 2 nitrogen and oxygen atoms in total. The topological polar surface area (TPSA) is 29.3 Å². The fraction of sp³-hybridized carbons (Fsp3) is 0.500. The summed E-state index contributed by atoms with van der Waals surface area (Å²) in [6, 6.07) is 7.79. The highest BCUT2D eigenvalue weighted by Crippen LogP contribution is 2.23. The Morgan fingerprint density at radius 3 is 2.11 bits per heavy atom. The largest absolute Gasteiger partial charge is 0.392 e. The number of nitrogens with two attached hydrogens (primary N) is 1. The molecule has 18 heavy (non-hydrogen) atoms. The summed E-state index contributed by atoms with van der Waals surface area (Å²) in [5, 5.41) is 0.734. The Morgan fingerprint density at radius 1 is 1.22 bits per heavy atom. The van der Waals surface area contributed by atoms with Gasteiger partial charge in [-0.15, -0.1) is 0 Å². The maximum absolute atomic E-state index is 5.93. The van der Waals surface area contributed by atoms with Crippen LogP contribution >= 0.6 is 23.8 Å². The highest BCUT2D eigenvalue weighted by molar-refractivity contribution is 7.80. The maximum Gasteiger partial charge on any atom is 0.0948 e. The molecule has 0 radical (unpaired) electrons. The highest BCUT2D eigenvalue weighted by Gasteiger charge is 2.21. The summed E-state index contributed by atoms with van der Waals surface area (Å²) < 4.78 is 0. The fourth-order valence-electron chi connectivity index (χ4n) is 2.14. The first-order valence-electron chi connectivity index (χ1n) is 6.39. The van der Waals surface area contributed by atoms with Gasteiger partial charge in [-0.05, 0) is 43.6 Å². The Bertz CT molecular complexity index is 372. The molecule has 0 amide bonds. The molecule has 0 saturated carbocycles. The zero-order chi connectivity index (χ0) is 13.5. The molecule has 0 fully saturated rings. The minimum atomic E-state index is 0.0113. The van der Waals surface area contributed by atoms with Gasteiger partial charge in [0.2, 0.25) is 0 Å². The standard InChI is InChI=1S/C14H21ClN2S/c1-3-9-17(10-4-2)13(14(16)18)11-5-7-12(15)8-6-11/h5-8,13H,3-4,9-10H2,1-2H3,(H2,16,18). The van der Waals surface area contributed by atoms with Gasteiger partial charge in [-0.1, -0.05) is 49.8 Å². The molecule has 0 aliphatic rings. The fourth-order valence-corrected chi connectivity index (χ4v) is 2.56. The van der Waals surface area contributed by atoms with Crippen molar-refractivity contribution in [1.82, 2.24) is 4.90 Å². The summed E-state index contributed by atoms with van der Waals surface area (Å²) in [6.45, 7) is 6.33. The Labute approximate surface area is 120 Å². The predicted molar refractivity (Wildman–Crippen MR) is 83.1 cm³/mol. The second-order valence-corrected chi connectivity index (χ2v) is 5.30. The summed E-state index contributed by atoms with van der Waals surface area (Å²) in [5.41, 5.74) is 7.04. The minimum Gasteiger partial charge on any atom is -0.392 e. The van der Waals surface area contributed by atoms with Gasteiger partial charge in [-0.3, -0.25) is 4.90 Å². The molecule has 1 atom stereocenters. The molecule has 0 saturated heterocycles. The van der Waals surface area contributed by atoms with Crippen LogP contribution in [0.15, 0.2) is 24.3 Å². The van der Waals surface area contributed by atoms with Crippen LogP contribution in [0.25, 0.3) is 0 Å². The Kier molecular flexibility index (Phi) is 6.61. The van der Waals surface area contributed by atoms with E-state index in [9.17, 15) is 0 Å². The molecular weight excluding hydrogens is 264 g/mol. The van der Waals surface area contributed by atoms with Gasteiger partial charge < -0.3 is 5.73 Å². The second kappa shape index (κ2) is 7.72. The molecule has 0 aliphatic heterocycles. The molecule has 2 N–H and O–H groups in total. The van der Waals surface area contributed by atoms with Crippen LogP contribution in [0, 0.1) is 0 Å². The van der Waals surface area contributed by atoms with Crippen LogP contribution < -0.4 is 5.73 Å². The van der Waals surface area contributed by atoms with E-state index in [1.165, 1.54) is 0 Å². The summed E-state index contributed by atoms with van der Waals surface area (Å²) in [4.78, 5) is 2.87. The van der Waals surface area contributed by atoms with Gasteiger partial charge in [-0.2, -0.15) is 0 Å². The van der Waals surface area contributed by atoms with Crippen molar-refractivity contribution in [3.05, 3.63) is 34.9 Å². The van der Waals surface area contributed by atoms with Gasteiger partial charge in [0.1, 0.15) is 0 Å². The van der Waals surface area contributed by atoms with Crippen molar-refractivity contribution in [3.8, 4) is 0 Å². The number of halogens is 1. The molecule has 0 heterocycles. The third-order valence-corrected chi connectivity index (χ3v) is 3.32. The number of rotatable bonds is 7. The molecule has 1 aromatic carbocycles. The number of thiocarbonyl (C=S) groups is 1. The van der Waals surface area contributed by atoms with Gasteiger partial charge in [0.05, 0.1) is 11.0 Å². The summed E-state index contributed by atoms with van der Waals surface area (Å²) in [7, 11) is 0. The van der Waals surface area contributed by atoms with E-state index >= 15 is 0 Å². The summed E-state index contributed by atoms with van der Waals surface area (Å²) >= 11 is 11.2. The lowest BCUT2D eigenvalue weighted by Crippen LogP contribution is -2.37. The summed E-state index contributed by atoms with van der Waals surface area (Å²) in [5.74, 6) is 0. The van der Waals surface area contributed by atoms with E-state index in [0.717, 1.165) is 36.5 Å². The molecule has 1 rings (SSSR count). The SMILES string of the molecule is CCCN(CCC)C(C(N)=S)c1ccc(Cl)cc1. The van der Waals surface area contributed by atoms with Crippen molar-refractivity contribution in [1.29, 1.82) is 0 Å². The number of nitrogens with zero attached hydrogens (tertiary/aromatic N) is 1. The monoisotopic (exact) mass is 284 g/mol. The minimum absolute atomic E-state index is 0.0113. The van der Waals surface area contributed by atoms with Crippen molar-refractivity contribution in [2.45, 2.75) is 32.7 Å². The first kappa shape index (κ1) is 15.4. The van der Waals surface area contributed by atoms with Gasteiger partial charge in [0.25, 0.3) is 0 Å². The lowest BCUT2D eigenvalue weighted by molar-refractivity contribution is 0.245. The second-order valence-electron chi connectivity index (χ2n) is 4.39. The molecule has 1 aromatic rings. The maximum atomic E-state index is 5.93. The van der Waals surface area contributed by atoms with Gasteiger partial charge >= 0.3 is 0 Å². The van der Waals surface area contributed by atoms with Gasteiger partial charge in [0, 0.05) is 5.02 Å². The Hall–Kier alpha value is -0.640. The van der Waals surface area contributed by atoms with E-state index < -0.39 is 0 Å². The van der Waals surface area contributed by atoms with Gasteiger partial charge in [0.15, 0.2) is 0 Å². The van der Waals surface area contributed by atoms with E-state index in [4.69, 9.17) is 29.6 Å². The average molecular weight is 285 g/mol. The average Bonchev–Trinajstić information content (AvgIpc) is 2.32.